The number of carbonyl (C=O) groups excluding carboxylic acids is 2. The van der Waals surface area contributed by atoms with Crippen LogP contribution in [0.1, 0.15) is 33.2 Å². The van der Waals surface area contributed by atoms with Gasteiger partial charge in [0.25, 0.3) is 0 Å². The summed E-state index contributed by atoms with van der Waals surface area (Å²) in [6.07, 6.45) is 0. The fourth-order valence-electron chi connectivity index (χ4n) is 3.21. The number of quaternary nitrogens is 1. The first kappa shape index (κ1) is 17.2. The highest BCUT2D eigenvalue weighted by Crippen LogP contribution is 2.15. The highest BCUT2D eigenvalue weighted by Gasteiger charge is 2.20. The molecule has 0 unspecified atom stereocenters. The number of hydrogen-bond acceptors (Lipinski definition) is 4. The Morgan fingerprint density at radius 2 is 1.52 bits per heavy atom. The molecule has 130 valence electrons. The standard InChI is InChI=1S/C20H22N2O3/c1-15(23)17-6-8-19(9-7-17)22-12-10-21(11-13-22)14-16-2-4-18(5-3-16)20(24)25/h2-9H,10-14H2,1H3,(H,24,25). The third kappa shape index (κ3) is 4.25. The molecule has 0 saturated carbocycles. The molecule has 0 radical (unpaired) electrons. The second kappa shape index (κ2) is 7.49. The van der Waals surface area contributed by atoms with E-state index >= 15 is 0 Å². The Bertz CT molecular complexity index is 746. The summed E-state index contributed by atoms with van der Waals surface area (Å²) in [5, 5.41) is 10.8. The summed E-state index contributed by atoms with van der Waals surface area (Å²) in [5.41, 5.74) is 3.26. The highest BCUT2D eigenvalue weighted by molar-refractivity contribution is 5.94. The molecule has 1 aliphatic heterocycles. The predicted octanol–water partition coefficient (Wildman–Crippen LogP) is 0.158. The van der Waals surface area contributed by atoms with Gasteiger partial charge in [-0.3, -0.25) is 4.79 Å². The average Bonchev–Trinajstić information content (AvgIpc) is 2.63. The summed E-state index contributed by atoms with van der Waals surface area (Å²) in [6.45, 7) is 6.45. The van der Waals surface area contributed by atoms with Crippen LogP contribution in [0.4, 0.5) is 5.69 Å². The molecule has 1 heterocycles. The van der Waals surface area contributed by atoms with Gasteiger partial charge in [-0.15, -0.1) is 0 Å². The Labute approximate surface area is 147 Å². The summed E-state index contributed by atoms with van der Waals surface area (Å²) < 4.78 is 0. The van der Waals surface area contributed by atoms with Crippen molar-refractivity contribution in [3.63, 3.8) is 0 Å². The third-order valence-electron chi connectivity index (χ3n) is 4.75. The molecule has 5 nitrogen and oxygen atoms in total. The predicted molar refractivity (Wildman–Crippen MR) is 93.8 cm³/mol. The van der Waals surface area contributed by atoms with Gasteiger partial charge in [0.15, 0.2) is 5.78 Å². The van der Waals surface area contributed by atoms with Crippen LogP contribution in [0.25, 0.3) is 0 Å². The molecule has 0 bridgehead atoms. The first-order chi connectivity index (χ1) is 12.0. The molecule has 1 aliphatic rings. The van der Waals surface area contributed by atoms with Crippen molar-refractivity contribution >= 4 is 17.4 Å². The van der Waals surface area contributed by atoms with Gasteiger partial charge in [-0.1, -0.05) is 24.3 Å². The van der Waals surface area contributed by atoms with E-state index in [1.807, 2.05) is 36.4 Å². The van der Waals surface area contributed by atoms with Crippen LogP contribution in [0.3, 0.4) is 0 Å². The number of hydrogen-bond donors (Lipinski definition) is 1. The number of nitrogens with one attached hydrogen (secondary N) is 1. The van der Waals surface area contributed by atoms with E-state index in [2.05, 4.69) is 4.90 Å². The molecule has 1 N–H and O–H groups in total. The maximum Gasteiger partial charge on any atom is 0.159 e. The number of piperazine rings is 1. The lowest BCUT2D eigenvalue weighted by Crippen LogP contribution is -3.13. The Balaban J connectivity index is 1.54. The zero-order chi connectivity index (χ0) is 17.8. The number of ketones is 1. The summed E-state index contributed by atoms with van der Waals surface area (Å²) in [7, 11) is 0. The Morgan fingerprint density at radius 3 is 2.04 bits per heavy atom. The van der Waals surface area contributed by atoms with Gasteiger partial charge in [0.05, 0.1) is 32.1 Å². The zero-order valence-electron chi connectivity index (χ0n) is 14.3. The second-order valence-electron chi connectivity index (χ2n) is 6.50. The summed E-state index contributed by atoms with van der Waals surface area (Å²) in [5.74, 6) is -1.05. The SMILES string of the molecule is CC(=O)c1ccc(N2CC[NH+](Cc3ccc(C(=O)[O-])cc3)CC2)cc1. The third-order valence-corrected chi connectivity index (χ3v) is 4.75. The number of aromatic carboxylic acids is 1. The van der Waals surface area contributed by atoms with Gasteiger partial charge in [0.2, 0.25) is 0 Å². The molecule has 3 rings (SSSR count). The van der Waals surface area contributed by atoms with Crippen molar-refractivity contribution in [3.8, 4) is 0 Å². The van der Waals surface area contributed by atoms with Crippen molar-refractivity contribution in [2.24, 2.45) is 0 Å². The summed E-state index contributed by atoms with van der Waals surface area (Å²) >= 11 is 0. The van der Waals surface area contributed by atoms with Crippen molar-refractivity contribution < 1.29 is 19.6 Å². The quantitative estimate of drug-likeness (QED) is 0.789. The molecular formula is C20H22N2O3. The summed E-state index contributed by atoms with van der Waals surface area (Å²) in [4.78, 5) is 26.0. The molecule has 0 spiro atoms. The van der Waals surface area contributed by atoms with E-state index in [1.54, 1.807) is 19.1 Å². The molecule has 2 aromatic carbocycles. The van der Waals surface area contributed by atoms with E-state index in [0.717, 1.165) is 49.5 Å². The minimum Gasteiger partial charge on any atom is -0.545 e. The van der Waals surface area contributed by atoms with Crippen LogP contribution < -0.4 is 14.9 Å². The van der Waals surface area contributed by atoms with E-state index in [4.69, 9.17) is 0 Å². The van der Waals surface area contributed by atoms with E-state index < -0.39 is 5.97 Å². The lowest BCUT2D eigenvalue weighted by Gasteiger charge is -2.33. The molecule has 0 amide bonds. The van der Waals surface area contributed by atoms with E-state index in [9.17, 15) is 14.7 Å². The van der Waals surface area contributed by atoms with Gasteiger partial charge >= 0.3 is 0 Å². The Hall–Kier alpha value is -2.66. The monoisotopic (exact) mass is 338 g/mol. The highest BCUT2D eigenvalue weighted by atomic mass is 16.4. The van der Waals surface area contributed by atoms with E-state index in [1.165, 1.54) is 4.90 Å². The molecule has 5 heteroatoms. The van der Waals surface area contributed by atoms with Gasteiger partial charge in [-0.05, 0) is 36.8 Å². The maximum absolute atomic E-state index is 11.4. The molecular weight excluding hydrogens is 316 g/mol. The number of carboxylic acids is 1. The number of anilines is 1. The summed E-state index contributed by atoms with van der Waals surface area (Å²) in [6, 6.07) is 14.7. The lowest BCUT2D eigenvalue weighted by atomic mass is 10.1. The minimum atomic E-state index is -1.14. The van der Waals surface area contributed by atoms with Crippen LogP contribution in [0.5, 0.6) is 0 Å². The number of nitrogens with zero attached hydrogens (tertiary/aromatic N) is 1. The number of Topliss-reactive ketones (excluding diaryl/α,β-unsaturated/α-hetero) is 1. The number of rotatable bonds is 5. The van der Waals surface area contributed by atoms with E-state index in [0.29, 0.717) is 0 Å². The molecule has 1 fully saturated rings. The largest absolute Gasteiger partial charge is 0.545 e. The minimum absolute atomic E-state index is 0.0884. The molecule has 1 saturated heterocycles. The first-order valence-corrected chi connectivity index (χ1v) is 8.53. The number of benzene rings is 2. The second-order valence-corrected chi connectivity index (χ2v) is 6.50. The number of carboxylic acid groups (broad SMARTS) is 1. The van der Waals surface area contributed by atoms with Crippen LogP contribution in [-0.4, -0.2) is 37.9 Å². The van der Waals surface area contributed by atoms with Gasteiger partial charge in [0.1, 0.15) is 6.54 Å². The molecule has 2 aromatic rings. The van der Waals surface area contributed by atoms with Crippen molar-refractivity contribution in [1.82, 2.24) is 0 Å². The molecule has 0 atom stereocenters. The van der Waals surface area contributed by atoms with Gasteiger partial charge in [0, 0.05) is 16.8 Å². The van der Waals surface area contributed by atoms with Crippen molar-refractivity contribution in [2.45, 2.75) is 13.5 Å². The lowest BCUT2D eigenvalue weighted by molar-refractivity contribution is -0.914. The molecule has 0 aromatic heterocycles. The fourth-order valence-corrected chi connectivity index (χ4v) is 3.21. The molecule has 25 heavy (non-hydrogen) atoms. The van der Waals surface area contributed by atoms with Crippen LogP contribution in [0, 0.1) is 0 Å². The normalized spacial score (nSPS) is 15.2. The van der Waals surface area contributed by atoms with Crippen molar-refractivity contribution in [2.75, 3.05) is 31.1 Å². The van der Waals surface area contributed by atoms with Crippen LogP contribution >= 0.6 is 0 Å². The van der Waals surface area contributed by atoms with Crippen LogP contribution in [-0.2, 0) is 6.54 Å². The van der Waals surface area contributed by atoms with Crippen molar-refractivity contribution in [3.05, 3.63) is 65.2 Å². The molecule has 0 aliphatic carbocycles. The Morgan fingerprint density at radius 1 is 0.960 bits per heavy atom. The topological polar surface area (TPSA) is 64.9 Å². The van der Waals surface area contributed by atoms with Crippen molar-refractivity contribution in [1.29, 1.82) is 0 Å². The smallest absolute Gasteiger partial charge is 0.159 e. The maximum atomic E-state index is 11.4. The van der Waals surface area contributed by atoms with E-state index in [-0.39, 0.29) is 11.3 Å². The van der Waals surface area contributed by atoms with Gasteiger partial charge in [-0.25, -0.2) is 0 Å². The van der Waals surface area contributed by atoms with Gasteiger partial charge < -0.3 is 19.7 Å². The zero-order valence-corrected chi connectivity index (χ0v) is 14.3. The Kier molecular flexibility index (Phi) is 5.14. The fraction of sp³-hybridized carbons (Fsp3) is 0.300. The first-order valence-electron chi connectivity index (χ1n) is 8.53. The number of carbonyl (C=O) groups is 2. The average molecular weight is 338 g/mol. The van der Waals surface area contributed by atoms with Gasteiger partial charge in [-0.2, -0.15) is 0 Å². The van der Waals surface area contributed by atoms with Crippen LogP contribution in [0.15, 0.2) is 48.5 Å². The van der Waals surface area contributed by atoms with Crippen LogP contribution in [0.2, 0.25) is 0 Å².